The maximum Gasteiger partial charge on any atom is 0.268 e. The van der Waals surface area contributed by atoms with Gasteiger partial charge in [-0.05, 0) is 48.0 Å². The molecule has 0 spiro atoms. The summed E-state index contributed by atoms with van der Waals surface area (Å²) in [6.07, 6.45) is 1.07. The van der Waals surface area contributed by atoms with Crippen molar-refractivity contribution in [2.24, 2.45) is 0 Å². The first-order valence-electron chi connectivity index (χ1n) is 8.62. The van der Waals surface area contributed by atoms with Gasteiger partial charge in [-0.25, -0.2) is 8.78 Å². The molecule has 1 unspecified atom stereocenters. The van der Waals surface area contributed by atoms with Crippen LogP contribution in [0.15, 0.2) is 60.8 Å². The second kappa shape index (κ2) is 7.56. The summed E-state index contributed by atoms with van der Waals surface area (Å²) in [7, 11) is 0. The minimum Gasteiger partial charge on any atom is -0.480 e. The molecule has 2 heterocycles. The molecule has 1 atom stereocenters. The van der Waals surface area contributed by atoms with Crippen LogP contribution >= 0.6 is 11.6 Å². The van der Waals surface area contributed by atoms with Crippen LogP contribution in [0.3, 0.4) is 0 Å². The molecule has 4 rings (SSSR count). The molecule has 0 bridgehead atoms. The van der Waals surface area contributed by atoms with Crippen molar-refractivity contribution in [1.82, 2.24) is 4.98 Å². The van der Waals surface area contributed by atoms with Crippen molar-refractivity contribution in [3.8, 4) is 5.75 Å². The molecule has 0 fully saturated rings. The smallest absolute Gasteiger partial charge is 0.268 e. The first-order chi connectivity index (χ1) is 13.5. The van der Waals surface area contributed by atoms with E-state index in [-0.39, 0.29) is 12.2 Å². The van der Waals surface area contributed by atoms with E-state index in [0.717, 1.165) is 17.7 Å². The number of hydrogen-bond donors (Lipinski definition) is 0. The Labute approximate surface area is 165 Å². The van der Waals surface area contributed by atoms with Gasteiger partial charge in [0.25, 0.3) is 5.91 Å². The lowest BCUT2D eigenvalue weighted by atomic mass is 10.1. The summed E-state index contributed by atoms with van der Waals surface area (Å²) in [6.45, 7) is 0.0270. The van der Waals surface area contributed by atoms with E-state index in [9.17, 15) is 13.6 Å². The Morgan fingerprint density at radius 2 is 2.04 bits per heavy atom. The topological polar surface area (TPSA) is 42.4 Å². The lowest BCUT2D eigenvalue weighted by Gasteiger charge is -2.25. The van der Waals surface area contributed by atoms with Crippen LogP contribution in [0.4, 0.5) is 14.5 Å². The highest BCUT2D eigenvalue weighted by molar-refractivity contribution is 6.30. The molecule has 1 amide bonds. The SMILES string of the molecule is O=C(C1Cc2cc(Cl)ccc2O1)N(Cc1ccccn1)c1ccc(F)cc1F. The quantitative estimate of drug-likeness (QED) is 0.645. The van der Waals surface area contributed by atoms with E-state index in [0.29, 0.717) is 22.9 Å². The Hall–Kier alpha value is -2.99. The number of anilines is 1. The van der Waals surface area contributed by atoms with Gasteiger partial charge < -0.3 is 9.64 Å². The van der Waals surface area contributed by atoms with Crippen LogP contribution in [0.2, 0.25) is 5.02 Å². The Balaban J connectivity index is 1.66. The number of carbonyl (C=O) groups is 1. The Bertz CT molecular complexity index is 1030. The van der Waals surface area contributed by atoms with Gasteiger partial charge in [0.1, 0.15) is 17.4 Å². The third kappa shape index (κ3) is 3.68. The number of hydrogen-bond acceptors (Lipinski definition) is 3. The van der Waals surface area contributed by atoms with E-state index < -0.39 is 23.6 Å². The summed E-state index contributed by atoms with van der Waals surface area (Å²) in [4.78, 5) is 18.7. The molecule has 2 aromatic carbocycles. The van der Waals surface area contributed by atoms with Crippen molar-refractivity contribution < 1.29 is 18.3 Å². The lowest BCUT2D eigenvalue weighted by Crippen LogP contribution is -2.41. The highest BCUT2D eigenvalue weighted by atomic mass is 35.5. The van der Waals surface area contributed by atoms with Crippen molar-refractivity contribution in [2.45, 2.75) is 19.1 Å². The van der Waals surface area contributed by atoms with Gasteiger partial charge in [0.15, 0.2) is 6.10 Å². The fraction of sp³-hybridized carbons (Fsp3) is 0.143. The van der Waals surface area contributed by atoms with Crippen LogP contribution in [0, 0.1) is 11.6 Å². The van der Waals surface area contributed by atoms with E-state index in [4.69, 9.17) is 16.3 Å². The number of nitrogens with zero attached hydrogens (tertiary/aromatic N) is 2. The molecule has 28 heavy (non-hydrogen) atoms. The summed E-state index contributed by atoms with van der Waals surface area (Å²) in [5.74, 6) is -1.42. The first-order valence-corrected chi connectivity index (χ1v) is 9.00. The van der Waals surface area contributed by atoms with Crippen molar-refractivity contribution in [3.05, 3.63) is 88.7 Å². The molecule has 1 aromatic heterocycles. The fourth-order valence-corrected chi connectivity index (χ4v) is 3.36. The molecule has 3 aromatic rings. The zero-order valence-corrected chi connectivity index (χ0v) is 15.4. The van der Waals surface area contributed by atoms with Gasteiger partial charge in [-0.1, -0.05) is 17.7 Å². The number of halogens is 3. The molecule has 7 heteroatoms. The zero-order chi connectivity index (χ0) is 19.7. The van der Waals surface area contributed by atoms with Gasteiger partial charge in [-0.3, -0.25) is 9.78 Å². The summed E-state index contributed by atoms with van der Waals surface area (Å²) in [5, 5.41) is 0.547. The average Bonchev–Trinajstić information content (AvgIpc) is 3.10. The molecule has 142 valence electrons. The van der Waals surface area contributed by atoms with E-state index in [1.807, 2.05) is 0 Å². The molecular formula is C21H15ClF2N2O2. The molecule has 0 radical (unpaired) electrons. The standard InChI is InChI=1S/C21H15ClF2N2O2/c22-14-4-7-19-13(9-14)10-20(28-19)21(27)26(12-16-3-1-2-8-25-16)18-6-5-15(23)11-17(18)24/h1-9,11,20H,10,12H2. The molecular weight excluding hydrogens is 386 g/mol. The summed E-state index contributed by atoms with van der Waals surface area (Å²) in [5.41, 5.74) is 1.34. The molecule has 0 saturated carbocycles. The lowest BCUT2D eigenvalue weighted by molar-refractivity contribution is -0.124. The van der Waals surface area contributed by atoms with Gasteiger partial charge in [-0.15, -0.1) is 0 Å². The van der Waals surface area contributed by atoms with Crippen molar-refractivity contribution in [1.29, 1.82) is 0 Å². The normalized spacial score (nSPS) is 15.0. The van der Waals surface area contributed by atoms with E-state index >= 15 is 0 Å². The van der Waals surface area contributed by atoms with Crippen LogP contribution in [0.1, 0.15) is 11.3 Å². The maximum atomic E-state index is 14.5. The summed E-state index contributed by atoms with van der Waals surface area (Å²) >= 11 is 6.01. The van der Waals surface area contributed by atoms with Crippen molar-refractivity contribution >= 4 is 23.2 Å². The minimum atomic E-state index is -0.832. The van der Waals surface area contributed by atoms with Gasteiger partial charge in [0, 0.05) is 23.7 Å². The molecule has 1 aliphatic rings. The minimum absolute atomic E-state index is 0.0270. The molecule has 1 aliphatic heterocycles. The van der Waals surface area contributed by atoms with Gasteiger partial charge in [0.2, 0.25) is 0 Å². The number of ether oxygens (including phenoxy) is 1. The van der Waals surface area contributed by atoms with E-state index in [2.05, 4.69) is 4.98 Å². The zero-order valence-electron chi connectivity index (χ0n) is 14.6. The number of pyridine rings is 1. The van der Waals surface area contributed by atoms with Gasteiger partial charge in [0.05, 0.1) is 17.9 Å². The number of carbonyl (C=O) groups excluding carboxylic acids is 1. The monoisotopic (exact) mass is 400 g/mol. The first kappa shape index (κ1) is 18.4. The third-order valence-electron chi connectivity index (χ3n) is 4.49. The third-order valence-corrected chi connectivity index (χ3v) is 4.72. The second-order valence-corrected chi connectivity index (χ2v) is 6.84. The fourth-order valence-electron chi connectivity index (χ4n) is 3.16. The van der Waals surface area contributed by atoms with Crippen molar-refractivity contribution in [3.63, 3.8) is 0 Å². The van der Waals surface area contributed by atoms with Crippen LogP contribution in [0.25, 0.3) is 0 Å². The summed E-state index contributed by atoms with van der Waals surface area (Å²) < 4.78 is 33.6. The predicted octanol–water partition coefficient (Wildman–Crippen LogP) is 4.55. The molecule has 0 N–H and O–H groups in total. The van der Waals surface area contributed by atoms with Crippen LogP contribution < -0.4 is 9.64 Å². The number of rotatable bonds is 4. The number of amides is 1. The van der Waals surface area contributed by atoms with Crippen LogP contribution in [-0.4, -0.2) is 17.0 Å². The maximum absolute atomic E-state index is 14.5. The summed E-state index contributed by atoms with van der Waals surface area (Å²) in [6, 6.07) is 13.5. The van der Waals surface area contributed by atoms with E-state index in [1.54, 1.807) is 42.6 Å². The Kier molecular flexibility index (Phi) is 4.96. The van der Waals surface area contributed by atoms with Crippen LogP contribution in [0.5, 0.6) is 5.75 Å². The van der Waals surface area contributed by atoms with Crippen LogP contribution in [-0.2, 0) is 17.8 Å². The number of fused-ring (bicyclic) bond motifs is 1. The van der Waals surface area contributed by atoms with Crippen molar-refractivity contribution in [2.75, 3.05) is 4.90 Å². The second-order valence-electron chi connectivity index (χ2n) is 6.40. The largest absolute Gasteiger partial charge is 0.480 e. The molecule has 4 nitrogen and oxygen atoms in total. The van der Waals surface area contributed by atoms with Gasteiger partial charge in [-0.2, -0.15) is 0 Å². The number of aromatic nitrogens is 1. The highest BCUT2D eigenvalue weighted by Crippen LogP contribution is 2.33. The Morgan fingerprint density at radius 3 is 2.79 bits per heavy atom. The van der Waals surface area contributed by atoms with Gasteiger partial charge >= 0.3 is 0 Å². The highest BCUT2D eigenvalue weighted by Gasteiger charge is 2.34. The molecule has 0 saturated heterocycles. The number of benzene rings is 2. The van der Waals surface area contributed by atoms with E-state index in [1.165, 1.54) is 11.0 Å². The average molecular weight is 401 g/mol. The Morgan fingerprint density at radius 1 is 1.18 bits per heavy atom. The predicted molar refractivity (Wildman–Crippen MR) is 101 cm³/mol. The molecule has 0 aliphatic carbocycles.